The van der Waals surface area contributed by atoms with E-state index in [-0.39, 0.29) is 12.4 Å². The van der Waals surface area contributed by atoms with Gasteiger partial charge >= 0.3 is 6.09 Å². The number of amides is 1. The molecule has 0 saturated carbocycles. The summed E-state index contributed by atoms with van der Waals surface area (Å²) in [4.78, 5) is 17.0. The first kappa shape index (κ1) is 22.6. The molecule has 1 amide bonds. The molecule has 7 nitrogen and oxygen atoms in total. The third-order valence-electron chi connectivity index (χ3n) is 5.87. The van der Waals surface area contributed by atoms with Gasteiger partial charge in [-0.2, -0.15) is 5.10 Å². The minimum Gasteiger partial charge on any atom is -0.511 e. The van der Waals surface area contributed by atoms with E-state index in [1.165, 1.54) is 24.1 Å². The van der Waals surface area contributed by atoms with Crippen LogP contribution in [0.1, 0.15) is 40.9 Å². The number of aliphatic hydroxyl groups is 1. The van der Waals surface area contributed by atoms with Crippen LogP contribution in [-0.2, 0) is 43.6 Å². The van der Waals surface area contributed by atoms with Gasteiger partial charge in [0.2, 0.25) is 0 Å². The zero-order chi connectivity index (χ0) is 23.0. The zero-order valence-electron chi connectivity index (χ0n) is 18.7. The standard InChI is InChI=1S/C26H30N4O3/c1-19(31)25(29-26(32)33-18-20-7-3-2-4-8-20)15-21-16-27-30(17-21)14-13-23-12-11-22-9-5-6-10-24(22)28-23/h2-4,7-8,11-12,16-17,25,31H,1,5-6,9-10,13-15,18H2,(H,29,32). The number of hydrogen-bond donors (Lipinski definition) is 2. The lowest BCUT2D eigenvalue weighted by Crippen LogP contribution is -2.38. The van der Waals surface area contributed by atoms with Crippen molar-refractivity contribution in [1.82, 2.24) is 20.1 Å². The molecule has 1 atom stereocenters. The second-order valence-corrected chi connectivity index (χ2v) is 8.43. The molecule has 0 aliphatic heterocycles. The number of carbonyl (C=O) groups is 1. The molecule has 7 heteroatoms. The molecule has 3 aromatic rings. The molecule has 1 aliphatic carbocycles. The quantitative estimate of drug-likeness (QED) is 0.478. The highest BCUT2D eigenvalue weighted by molar-refractivity contribution is 5.68. The first-order valence-electron chi connectivity index (χ1n) is 11.4. The summed E-state index contributed by atoms with van der Waals surface area (Å²) in [5.74, 6) is -0.127. The maximum absolute atomic E-state index is 12.2. The van der Waals surface area contributed by atoms with E-state index in [1.54, 1.807) is 6.20 Å². The Morgan fingerprint density at radius 3 is 2.79 bits per heavy atom. The maximum atomic E-state index is 12.2. The van der Waals surface area contributed by atoms with Crippen molar-refractivity contribution in [3.8, 4) is 0 Å². The van der Waals surface area contributed by atoms with Gasteiger partial charge in [0.05, 0.1) is 12.2 Å². The summed E-state index contributed by atoms with van der Waals surface area (Å²) in [7, 11) is 0. The number of aryl methyl sites for hydroxylation is 4. The van der Waals surface area contributed by atoms with Crippen LogP contribution in [0.25, 0.3) is 0 Å². The lowest BCUT2D eigenvalue weighted by atomic mass is 9.96. The van der Waals surface area contributed by atoms with E-state index in [9.17, 15) is 9.90 Å². The Kier molecular flexibility index (Phi) is 7.40. The summed E-state index contributed by atoms with van der Waals surface area (Å²) in [5, 5.41) is 17.1. The molecule has 4 rings (SSSR count). The Bertz CT molecular complexity index is 1090. The molecule has 0 bridgehead atoms. The van der Waals surface area contributed by atoms with Gasteiger partial charge in [-0.05, 0) is 48.4 Å². The van der Waals surface area contributed by atoms with Crippen LogP contribution in [-0.4, -0.2) is 32.0 Å². The second-order valence-electron chi connectivity index (χ2n) is 8.43. The molecule has 0 radical (unpaired) electrons. The van der Waals surface area contributed by atoms with Gasteiger partial charge in [0.15, 0.2) is 0 Å². The van der Waals surface area contributed by atoms with E-state index in [1.807, 2.05) is 41.2 Å². The van der Waals surface area contributed by atoms with Crippen LogP contribution in [0.3, 0.4) is 0 Å². The summed E-state index contributed by atoms with van der Waals surface area (Å²) < 4.78 is 7.11. The average molecular weight is 447 g/mol. The van der Waals surface area contributed by atoms with Crippen molar-refractivity contribution in [3.63, 3.8) is 0 Å². The van der Waals surface area contributed by atoms with Gasteiger partial charge in [-0.25, -0.2) is 4.79 Å². The molecule has 2 heterocycles. The maximum Gasteiger partial charge on any atom is 0.408 e. The molecular formula is C26H30N4O3. The van der Waals surface area contributed by atoms with Gasteiger partial charge in [-0.15, -0.1) is 0 Å². The second kappa shape index (κ2) is 10.8. The average Bonchev–Trinajstić information content (AvgIpc) is 3.29. The number of aliphatic hydroxyl groups excluding tert-OH is 1. The van der Waals surface area contributed by atoms with Gasteiger partial charge in [0.25, 0.3) is 0 Å². The van der Waals surface area contributed by atoms with E-state index < -0.39 is 12.1 Å². The predicted molar refractivity (Wildman–Crippen MR) is 126 cm³/mol. The van der Waals surface area contributed by atoms with Crippen LogP contribution in [0.2, 0.25) is 0 Å². The summed E-state index contributed by atoms with van der Waals surface area (Å²) in [6.07, 6.45) is 8.91. The summed E-state index contributed by atoms with van der Waals surface area (Å²) in [6, 6.07) is 13.1. The number of nitrogens with one attached hydrogen (secondary N) is 1. The van der Waals surface area contributed by atoms with E-state index in [0.717, 1.165) is 36.1 Å². The Labute approximate surface area is 194 Å². The molecule has 0 spiro atoms. The van der Waals surface area contributed by atoms with Gasteiger partial charge in [0, 0.05) is 37.0 Å². The van der Waals surface area contributed by atoms with E-state index in [0.29, 0.717) is 13.0 Å². The normalized spacial score (nSPS) is 13.7. The van der Waals surface area contributed by atoms with Crippen LogP contribution in [0, 0.1) is 0 Å². The summed E-state index contributed by atoms with van der Waals surface area (Å²) >= 11 is 0. The Balaban J connectivity index is 1.28. The van der Waals surface area contributed by atoms with Crippen LogP contribution in [0.4, 0.5) is 4.79 Å². The Hall–Kier alpha value is -3.61. The highest BCUT2D eigenvalue weighted by atomic mass is 16.5. The lowest BCUT2D eigenvalue weighted by Gasteiger charge is -2.16. The van der Waals surface area contributed by atoms with Crippen LogP contribution in [0.5, 0.6) is 0 Å². The number of alkyl carbamates (subject to hydrolysis) is 1. The fraction of sp³-hybridized carbons (Fsp3) is 0.346. The molecular weight excluding hydrogens is 416 g/mol. The zero-order valence-corrected chi connectivity index (χ0v) is 18.7. The number of fused-ring (bicyclic) bond motifs is 1. The van der Waals surface area contributed by atoms with Crippen molar-refractivity contribution in [3.05, 3.63) is 95.3 Å². The van der Waals surface area contributed by atoms with Crippen LogP contribution >= 0.6 is 0 Å². The number of nitrogens with zero attached hydrogens (tertiary/aromatic N) is 3. The smallest absolute Gasteiger partial charge is 0.408 e. The van der Waals surface area contributed by atoms with Crippen molar-refractivity contribution in [2.75, 3.05) is 0 Å². The first-order valence-corrected chi connectivity index (χ1v) is 11.4. The van der Waals surface area contributed by atoms with Gasteiger partial charge in [-0.3, -0.25) is 9.67 Å². The van der Waals surface area contributed by atoms with Gasteiger partial charge < -0.3 is 15.2 Å². The SMILES string of the molecule is C=C(O)C(Cc1cnn(CCc2ccc3c(n2)CCCC3)c1)NC(=O)OCc1ccccc1. The van der Waals surface area contributed by atoms with Crippen molar-refractivity contribution in [2.45, 2.75) is 57.7 Å². The molecule has 0 fully saturated rings. The summed E-state index contributed by atoms with van der Waals surface area (Å²) in [6.45, 7) is 4.46. The number of aromatic nitrogens is 3. The molecule has 2 N–H and O–H groups in total. The van der Waals surface area contributed by atoms with Crippen molar-refractivity contribution in [1.29, 1.82) is 0 Å². The number of ether oxygens (including phenoxy) is 1. The van der Waals surface area contributed by atoms with E-state index in [2.05, 4.69) is 29.1 Å². The molecule has 2 aromatic heterocycles. The fourth-order valence-corrected chi connectivity index (χ4v) is 4.02. The number of carbonyl (C=O) groups excluding carboxylic acids is 1. The monoisotopic (exact) mass is 446 g/mol. The van der Waals surface area contributed by atoms with Crippen molar-refractivity contribution >= 4 is 6.09 Å². The fourth-order valence-electron chi connectivity index (χ4n) is 4.02. The number of rotatable bonds is 9. The largest absolute Gasteiger partial charge is 0.511 e. The molecule has 33 heavy (non-hydrogen) atoms. The number of pyridine rings is 1. The lowest BCUT2D eigenvalue weighted by molar-refractivity contribution is 0.134. The summed E-state index contributed by atoms with van der Waals surface area (Å²) in [5.41, 5.74) is 5.49. The van der Waals surface area contributed by atoms with Crippen molar-refractivity contribution < 1.29 is 14.6 Å². The molecule has 1 unspecified atom stereocenters. The highest BCUT2D eigenvalue weighted by Crippen LogP contribution is 2.20. The molecule has 0 saturated heterocycles. The van der Waals surface area contributed by atoms with Crippen LogP contribution < -0.4 is 5.32 Å². The van der Waals surface area contributed by atoms with E-state index in [4.69, 9.17) is 9.72 Å². The van der Waals surface area contributed by atoms with Gasteiger partial charge in [-0.1, -0.05) is 43.0 Å². The van der Waals surface area contributed by atoms with E-state index >= 15 is 0 Å². The van der Waals surface area contributed by atoms with Gasteiger partial charge in [0.1, 0.15) is 12.4 Å². The molecule has 1 aromatic carbocycles. The van der Waals surface area contributed by atoms with Crippen molar-refractivity contribution in [2.24, 2.45) is 0 Å². The minimum absolute atomic E-state index is 0.127. The first-order chi connectivity index (χ1) is 16.1. The molecule has 1 aliphatic rings. The third-order valence-corrected chi connectivity index (χ3v) is 5.87. The predicted octanol–water partition coefficient (Wildman–Crippen LogP) is 4.31. The highest BCUT2D eigenvalue weighted by Gasteiger charge is 2.18. The van der Waals surface area contributed by atoms with Crippen LogP contribution in [0.15, 0.2) is 67.2 Å². The number of hydrogen-bond acceptors (Lipinski definition) is 5. The Morgan fingerprint density at radius 2 is 1.97 bits per heavy atom. The third kappa shape index (κ3) is 6.44. The Morgan fingerprint density at radius 1 is 1.15 bits per heavy atom. The topological polar surface area (TPSA) is 89.3 Å². The molecule has 172 valence electrons. The minimum atomic E-state index is -0.659. The number of benzene rings is 1.